The summed E-state index contributed by atoms with van der Waals surface area (Å²) in [4.78, 5) is 5.22. The second-order valence-corrected chi connectivity index (χ2v) is 12.0. The van der Waals surface area contributed by atoms with Crippen molar-refractivity contribution >= 4 is 5.69 Å². The van der Waals surface area contributed by atoms with Crippen molar-refractivity contribution in [2.45, 2.75) is 142 Å². The summed E-state index contributed by atoms with van der Waals surface area (Å²) in [6.07, 6.45) is 31.0. The summed E-state index contributed by atoms with van der Waals surface area (Å²) < 4.78 is 6.00. The molecule has 1 fully saturated rings. The van der Waals surface area contributed by atoms with E-state index in [4.69, 9.17) is 4.74 Å². The third kappa shape index (κ3) is 17.7. The summed E-state index contributed by atoms with van der Waals surface area (Å²) in [6, 6.07) is 8.82. The Kier molecular flexibility index (Phi) is 21.0. The number of ether oxygens (including phenoxy) is 1. The smallest absolute Gasteiger partial charge is 0.119 e. The minimum atomic E-state index is 0.841. The van der Waals surface area contributed by atoms with Crippen molar-refractivity contribution in [2.24, 2.45) is 0 Å². The molecular formula is C36H64N2O. The van der Waals surface area contributed by atoms with Gasteiger partial charge in [-0.15, -0.1) is 6.58 Å². The van der Waals surface area contributed by atoms with E-state index in [0.29, 0.717) is 0 Å². The Morgan fingerprint density at radius 3 is 1.64 bits per heavy atom. The average Bonchev–Trinajstić information content (AvgIpc) is 2.97. The molecule has 0 atom stereocenters. The van der Waals surface area contributed by atoms with Crippen LogP contribution in [0, 0.1) is 0 Å². The largest absolute Gasteiger partial charge is 0.494 e. The van der Waals surface area contributed by atoms with Crippen molar-refractivity contribution in [1.82, 2.24) is 4.90 Å². The third-order valence-corrected chi connectivity index (χ3v) is 8.47. The second kappa shape index (κ2) is 24.3. The van der Waals surface area contributed by atoms with E-state index in [1.165, 1.54) is 154 Å². The maximum Gasteiger partial charge on any atom is 0.119 e. The predicted molar refractivity (Wildman–Crippen MR) is 173 cm³/mol. The van der Waals surface area contributed by atoms with Gasteiger partial charge >= 0.3 is 0 Å². The molecule has 0 spiro atoms. The van der Waals surface area contributed by atoms with Gasteiger partial charge in [0, 0.05) is 31.9 Å². The Labute approximate surface area is 243 Å². The molecule has 0 bridgehead atoms. The van der Waals surface area contributed by atoms with E-state index >= 15 is 0 Å². The Hall–Kier alpha value is -1.48. The summed E-state index contributed by atoms with van der Waals surface area (Å²) in [5, 5.41) is 0. The highest BCUT2D eigenvalue weighted by molar-refractivity contribution is 5.49. The van der Waals surface area contributed by atoms with Gasteiger partial charge in [0.2, 0.25) is 0 Å². The molecule has 1 aliphatic heterocycles. The van der Waals surface area contributed by atoms with Crippen LogP contribution < -0.4 is 9.64 Å². The number of benzene rings is 1. The zero-order valence-corrected chi connectivity index (χ0v) is 26.0. The van der Waals surface area contributed by atoms with E-state index in [1.807, 2.05) is 6.08 Å². The molecule has 3 nitrogen and oxygen atoms in total. The van der Waals surface area contributed by atoms with Crippen LogP contribution in [0.25, 0.3) is 0 Å². The quantitative estimate of drug-likeness (QED) is 0.0858. The minimum Gasteiger partial charge on any atom is -0.494 e. The molecule has 0 unspecified atom stereocenters. The highest BCUT2D eigenvalue weighted by Crippen LogP contribution is 2.21. The van der Waals surface area contributed by atoms with Gasteiger partial charge in [0.15, 0.2) is 0 Å². The summed E-state index contributed by atoms with van der Waals surface area (Å²) in [6.45, 7) is 12.9. The van der Waals surface area contributed by atoms with E-state index in [2.05, 4.69) is 47.6 Å². The SMILES string of the molecule is C=CCCCCCCCCCOc1ccc(N2CCN(CCCCCCCCCCCCCCC)CC2)cc1. The molecule has 1 heterocycles. The molecule has 3 heteroatoms. The maximum absolute atomic E-state index is 6.00. The van der Waals surface area contributed by atoms with Gasteiger partial charge < -0.3 is 9.64 Å². The van der Waals surface area contributed by atoms with Crippen LogP contribution in [-0.4, -0.2) is 44.2 Å². The molecule has 1 aromatic rings. The van der Waals surface area contributed by atoms with Crippen molar-refractivity contribution in [3.63, 3.8) is 0 Å². The number of nitrogens with zero attached hydrogens (tertiary/aromatic N) is 2. The molecule has 2 rings (SSSR count). The second-order valence-electron chi connectivity index (χ2n) is 12.0. The number of allylic oxidation sites excluding steroid dienone is 1. The number of hydrogen-bond acceptors (Lipinski definition) is 3. The normalized spacial score (nSPS) is 14.1. The van der Waals surface area contributed by atoms with E-state index in [1.54, 1.807) is 0 Å². The van der Waals surface area contributed by atoms with E-state index in [9.17, 15) is 0 Å². The molecule has 0 amide bonds. The highest BCUT2D eigenvalue weighted by atomic mass is 16.5. The maximum atomic E-state index is 6.00. The molecule has 224 valence electrons. The van der Waals surface area contributed by atoms with Crippen molar-refractivity contribution in [1.29, 1.82) is 0 Å². The first kappa shape index (κ1) is 33.7. The number of piperazine rings is 1. The number of unbranched alkanes of at least 4 members (excludes halogenated alkanes) is 19. The lowest BCUT2D eigenvalue weighted by Crippen LogP contribution is -2.46. The fourth-order valence-electron chi connectivity index (χ4n) is 5.80. The summed E-state index contributed by atoms with van der Waals surface area (Å²) in [5.41, 5.74) is 1.35. The topological polar surface area (TPSA) is 15.7 Å². The molecule has 1 aromatic carbocycles. The Bertz CT molecular complexity index is 665. The van der Waals surface area contributed by atoms with Crippen LogP contribution in [0.4, 0.5) is 5.69 Å². The predicted octanol–water partition coefficient (Wildman–Crippen LogP) is 10.6. The molecule has 0 saturated carbocycles. The Balaban J connectivity index is 1.41. The first-order chi connectivity index (χ1) is 19.3. The average molecular weight is 541 g/mol. The summed E-state index contributed by atoms with van der Waals surface area (Å²) >= 11 is 0. The van der Waals surface area contributed by atoms with Crippen molar-refractivity contribution in [3.05, 3.63) is 36.9 Å². The van der Waals surface area contributed by atoms with Crippen LogP contribution in [0.5, 0.6) is 5.75 Å². The lowest BCUT2D eigenvalue weighted by atomic mass is 10.0. The Morgan fingerprint density at radius 2 is 1.10 bits per heavy atom. The van der Waals surface area contributed by atoms with E-state index in [-0.39, 0.29) is 0 Å². The molecular weight excluding hydrogens is 476 g/mol. The fraction of sp³-hybridized carbons (Fsp3) is 0.778. The lowest BCUT2D eigenvalue weighted by molar-refractivity contribution is 0.252. The zero-order chi connectivity index (χ0) is 27.6. The van der Waals surface area contributed by atoms with Crippen LogP contribution in [0.3, 0.4) is 0 Å². The molecule has 1 saturated heterocycles. The first-order valence-corrected chi connectivity index (χ1v) is 17.1. The molecule has 39 heavy (non-hydrogen) atoms. The standard InChI is InChI=1S/C36H64N2O/c1-3-5-7-9-11-13-14-15-16-17-19-21-23-29-37-30-32-38(33-31-37)35-25-27-36(28-26-35)39-34-24-22-20-18-12-10-8-6-4-2/h4,25-28H,2-3,5-24,29-34H2,1H3. The van der Waals surface area contributed by atoms with Crippen molar-refractivity contribution in [2.75, 3.05) is 44.2 Å². The molecule has 0 N–H and O–H groups in total. The molecule has 1 aliphatic rings. The van der Waals surface area contributed by atoms with Crippen LogP contribution in [0.1, 0.15) is 142 Å². The van der Waals surface area contributed by atoms with E-state index < -0.39 is 0 Å². The van der Waals surface area contributed by atoms with E-state index in [0.717, 1.165) is 31.9 Å². The summed E-state index contributed by atoms with van der Waals surface area (Å²) in [5.74, 6) is 1.02. The van der Waals surface area contributed by atoms with Gasteiger partial charge in [0.25, 0.3) is 0 Å². The van der Waals surface area contributed by atoms with Crippen molar-refractivity contribution in [3.8, 4) is 5.75 Å². The number of anilines is 1. The monoisotopic (exact) mass is 541 g/mol. The minimum absolute atomic E-state index is 0.841. The molecule has 0 aromatic heterocycles. The Morgan fingerprint density at radius 1 is 0.615 bits per heavy atom. The zero-order valence-electron chi connectivity index (χ0n) is 26.0. The van der Waals surface area contributed by atoms with Crippen LogP contribution in [-0.2, 0) is 0 Å². The highest BCUT2D eigenvalue weighted by Gasteiger charge is 2.16. The van der Waals surface area contributed by atoms with Gasteiger partial charge in [-0.2, -0.15) is 0 Å². The fourth-order valence-corrected chi connectivity index (χ4v) is 5.80. The van der Waals surface area contributed by atoms with Crippen LogP contribution in [0.2, 0.25) is 0 Å². The van der Waals surface area contributed by atoms with Gasteiger partial charge in [-0.25, -0.2) is 0 Å². The van der Waals surface area contributed by atoms with Crippen LogP contribution >= 0.6 is 0 Å². The van der Waals surface area contributed by atoms with Gasteiger partial charge in [0.05, 0.1) is 6.61 Å². The van der Waals surface area contributed by atoms with Crippen LogP contribution in [0.15, 0.2) is 36.9 Å². The number of rotatable bonds is 26. The lowest BCUT2D eigenvalue weighted by Gasteiger charge is -2.36. The first-order valence-electron chi connectivity index (χ1n) is 17.1. The van der Waals surface area contributed by atoms with Gasteiger partial charge in [-0.1, -0.05) is 122 Å². The molecule has 0 aliphatic carbocycles. The van der Waals surface area contributed by atoms with Gasteiger partial charge in [0.1, 0.15) is 5.75 Å². The molecule has 0 radical (unpaired) electrons. The summed E-state index contributed by atoms with van der Waals surface area (Å²) in [7, 11) is 0. The van der Waals surface area contributed by atoms with Crippen molar-refractivity contribution < 1.29 is 4.74 Å². The van der Waals surface area contributed by atoms with Gasteiger partial charge in [-0.3, -0.25) is 4.90 Å². The third-order valence-electron chi connectivity index (χ3n) is 8.47. The number of hydrogen-bond donors (Lipinski definition) is 0. The van der Waals surface area contributed by atoms with Gasteiger partial charge in [-0.05, 0) is 56.5 Å².